The average Bonchev–Trinajstić information content (AvgIpc) is 3.18. The molecule has 0 unspecified atom stereocenters. The van der Waals surface area contributed by atoms with E-state index in [1.54, 1.807) is 12.4 Å². The normalized spacial score (nSPS) is 14.3. The van der Waals surface area contributed by atoms with Gasteiger partial charge in [-0.15, -0.1) is 10.2 Å². The monoisotopic (exact) mass is 414 g/mol. The summed E-state index contributed by atoms with van der Waals surface area (Å²) < 4.78 is 0. The van der Waals surface area contributed by atoms with E-state index in [0.717, 1.165) is 41.7 Å². The fraction of sp³-hybridized carbons (Fsp3) is 0.333. The van der Waals surface area contributed by atoms with E-state index in [9.17, 15) is 4.79 Å². The van der Waals surface area contributed by atoms with Crippen LogP contribution in [0.3, 0.4) is 0 Å². The fourth-order valence-corrected chi connectivity index (χ4v) is 3.38. The Morgan fingerprint density at radius 1 is 1.14 bits per heavy atom. The maximum Gasteiger partial charge on any atom is 0.327 e. The molecule has 0 bridgehead atoms. The topological polar surface area (TPSA) is 113 Å². The number of hydrogen-bond donors (Lipinski definition) is 1. The van der Waals surface area contributed by atoms with Crippen LogP contribution in [0.5, 0.6) is 0 Å². The molecule has 0 aliphatic carbocycles. The van der Waals surface area contributed by atoms with Gasteiger partial charge in [0.1, 0.15) is 0 Å². The van der Waals surface area contributed by atoms with E-state index in [1.165, 1.54) is 5.56 Å². The Morgan fingerprint density at radius 3 is 2.52 bits per heavy atom. The van der Waals surface area contributed by atoms with Gasteiger partial charge in [0.05, 0.1) is 5.56 Å². The quantitative estimate of drug-likeness (QED) is 0.663. The van der Waals surface area contributed by atoms with Crippen molar-refractivity contribution in [1.82, 2.24) is 30.2 Å². The predicted octanol–water partition coefficient (Wildman–Crippen LogP) is 1.50. The van der Waals surface area contributed by atoms with Crippen LogP contribution in [-0.4, -0.2) is 67.4 Å². The van der Waals surface area contributed by atoms with Crippen molar-refractivity contribution in [3.05, 3.63) is 41.2 Å². The SMILES string of the molecule is Cc1ccc(Cl)cc1N1CCN(c2ncc(-c3nnn(CC(=O)O)n3)cn2)CC1. The van der Waals surface area contributed by atoms with Crippen molar-refractivity contribution in [1.29, 1.82) is 0 Å². The summed E-state index contributed by atoms with van der Waals surface area (Å²) in [6.07, 6.45) is 3.25. The highest BCUT2D eigenvalue weighted by Gasteiger charge is 2.21. The molecule has 1 fully saturated rings. The molecular formula is C18H19ClN8O2. The molecule has 4 rings (SSSR count). The Morgan fingerprint density at radius 2 is 1.83 bits per heavy atom. The molecule has 0 amide bonds. The van der Waals surface area contributed by atoms with Crippen molar-refractivity contribution in [2.24, 2.45) is 0 Å². The Balaban J connectivity index is 1.41. The maximum atomic E-state index is 10.7. The summed E-state index contributed by atoms with van der Waals surface area (Å²) in [6.45, 7) is 5.01. The van der Waals surface area contributed by atoms with Crippen molar-refractivity contribution < 1.29 is 9.90 Å². The van der Waals surface area contributed by atoms with Crippen LogP contribution in [0, 0.1) is 6.92 Å². The number of tetrazole rings is 1. The van der Waals surface area contributed by atoms with Crippen molar-refractivity contribution in [3.8, 4) is 11.4 Å². The smallest absolute Gasteiger partial charge is 0.327 e. The highest BCUT2D eigenvalue weighted by molar-refractivity contribution is 6.30. The second-order valence-electron chi connectivity index (χ2n) is 6.71. The number of halogens is 1. The molecular weight excluding hydrogens is 396 g/mol. The highest BCUT2D eigenvalue weighted by Crippen LogP contribution is 2.26. The molecule has 29 heavy (non-hydrogen) atoms. The Labute approximate surface area is 171 Å². The first kappa shape index (κ1) is 19.1. The molecule has 150 valence electrons. The summed E-state index contributed by atoms with van der Waals surface area (Å²) in [6, 6.07) is 5.94. The minimum absolute atomic E-state index is 0.291. The van der Waals surface area contributed by atoms with Crippen LogP contribution < -0.4 is 9.80 Å². The molecule has 0 atom stereocenters. The van der Waals surface area contributed by atoms with E-state index < -0.39 is 5.97 Å². The zero-order valence-electron chi connectivity index (χ0n) is 15.7. The minimum Gasteiger partial charge on any atom is -0.480 e. The number of aliphatic carboxylic acids is 1. The number of piperazine rings is 1. The summed E-state index contributed by atoms with van der Waals surface area (Å²) in [5, 5.41) is 21.1. The lowest BCUT2D eigenvalue weighted by molar-refractivity contribution is -0.138. The second-order valence-corrected chi connectivity index (χ2v) is 7.15. The fourth-order valence-electron chi connectivity index (χ4n) is 3.22. The first-order chi connectivity index (χ1) is 14.0. The summed E-state index contributed by atoms with van der Waals surface area (Å²) in [5.41, 5.74) is 2.94. The third kappa shape index (κ3) is 4.27. The van der Waals surface area contributed by atoms with Gasteiger partial charge in [-0.05, 0) is 29.8 Å². The van der Waals surface area contributed by atoms with Gasteiger partial charge in [-0.2, -0.15) is 4.80 Å². The van der Waals surface area contributed by atoms with Crippen LogP contribution in [0.15, 0.2) is 30.6 Å². The second kappa shape index (κ2) is 8.00. The molecule has 1 aliphatic heterocycles. The summed E-state index contributed by atoms with van der Waals surface area (Å²) in [7, 11) is 0. The summed E-state index contributed by atoms with van der Waals surface area (Å²) in [4.78, 5) is 25.0. The lowest BCUT2D eigenvalue weighted by Gasteiger charge is -2.36. The molecule has 1 saturated heterocycles. The van der Waals surface area contributed by atoms with Crippen LogP contribution in [0.2, 0.25) is 5.02 Å². The third-order valence-corrected chi connectivity index (χ3v) is 4.94. The number of carboxylic acids is 1. The van der Waals surface area contributed by atoms with Gasteiger partial charge in [0, 0.05) is 49.3 Å². The molecule has 3 heterocycles. The molecule has 3 aromatic rings. The molecule has 0 radical (unpaired) electrons. The number of aromatic nitrogens is 6. The molecule has 10 nitrogen and oxygen atoms in total. The first-order valence-electron chi connectivity index (χ1n) is 9.07. The van der Waals surface area contributed by atoms with E-state index >= 15 is 0 Å². The number of anilines is 2. The van der Waals surface area contributed by atoms with Crippen molar-refractivity contribution in [3.63, 3.8) is 0 Å². The Hall–Kier alpha value is -3.27. The van der Waals surface area contributed by atoms with Gasteiger partial charge in [-0.25, -0.2) is 9.97 Å². The minimum atomic E-state index is -1.03. The Kier molecular flexibility index (Phi) is 5.26. The van der Waals surface area contributed by atoms with E-state index in [-0.39, 0.29) is 6.54 Å². The van der Waals surface area contributed by atoms with Gasteiger partial charge < -0.3 is 14.9 Å². The number of carbonyl (C=O) groups is 1. The first-order valence-corrected chi connectivity index (χ1v) is 9.45. The van der Waals surface area contributed by atoms with E-state index in [1.807, 2.05) is 18.2 Å². The lowest BCUT2D eigenvalue weighted by atomic mass is 10.1. The van der Waals surface area contributed by atoms with Crippen molar-refractivity contribution in [2.45, 2.75) is 13.5 Å². The predicted molar refractivity (Wildman–Crippen MR) is 107 cm³/mol. The number of hydrogen-bond acceptors (Lipinski definition) is 8. The van der Waals surface area contributed by atoms with Crippen LogP contribution in [-0.2, 0) is 11.3 Å². The molecule has 0 spiro atoms. The standard InChI is InChI=1S/C18H19ClN8O2/c1-12-2-3-14(19)8-15(12)25-4-6-26(7-5-25)18-20-9-13(10-21-18)17-22-24-27(23-17)11-16(28)29/h2-3,8-10H,4-7,11H2,1H3,(H,28,29). The van der Waals surface area contributed by atoms with Crippen molar-refractivity contribution in [2.75, 3.05) is 36.0 Å². The van der Waals surface area contributed by atoms with Gasteiger partial charge in [-0.1, -0.05) is 17.7 Å². The largest absolute Gasteiger partial charge is 0.480 e. The molecule has 11 heteroatoms. The van der Waals surface area contributed by atoms with Crippen molar-refractivity contribution >= 4 is 29.2 Å². The maximum absolute atomic E-state index is 10.7. The molecule has 0 saturated carbocycles. The summed E-state index contributed by atoms with van der Waals surface area (Å²) >= 11 is 6.15. The van der Waals surface area contributed by atoms with Gasteiger partial charge in [0.15, 0.2) is 6.54 Å². The number of rotatable bonds is 5. The van der Waals surface area contributed by atoms with Crippen LogP contribution >= 0.6 is 11.6 Å². The van der Waals surface area contributed by atoms with Crippen LogP contribution in [0.1, 0.15) is 5.56 Å². The van der Waals surface area contributed by atoms with Gasteiger partial charge in [-0.3, -0.25) is 4.79 Å². The molecule has 1 aromatic carbocycles. The third-order valence-electron chi connectivity index (χ3n) is 4.70. The number of carboxylic acid groups (broad SMARTS) is 1. The molecule has 1 N–H and O–H groups in total. The lowest BCUT2D eigenvalue weighted by Crippen LogP contribution is -2.47. The van der Waals surface area contributed by atoms with Crippen LogP contribution in [0.4, 0.5) is 11.6 Å². The number of aryl methyl sites for hydroxylation is 1. The van der Waals surface area contributed by atoms with E-state index in [4.69, 9.17) is 16.7 Å². The number of benzene rings is 1. The molecule has 2 aromatic heterocycles. The highest BCUT2D eigenvalue weighted by atomic mass is 35.5. The van der Waals surface area contributed by atoms with Crippen LogP contribution in [0.25, 0.3) is 11.4 Å². The zero-order valence-corrected chi connectivity index (χ0v) is 16.5. The molecule has 1 aliphatic rings. The van der Waals surface area contributed by atoms with E-state index in [2.05, 4.69) is 42.1 Å². The summed E-state index contributed by atoms with van der Waals surface area (Å²) in [5.74, 6) is -0.110. The van der Waals surface area contributed by atoms with Gasteiger partial charge >= 0.3 is 5.97 Å². The Bertz CT molecular complexity index is 1010. The zero-order chi connectivity index (χ0) is 20.4. The number of nitrogens with zero attached hydrogens (tertiary/aromatic N) is 8. The van der Waals surface area contributed by atoms with Gasteiger partial charge in [0.2, 0.25) is 11.8 Å². The average molecular weight is 415 g/mol. The van der Waals surface area contributed by atoms with E-state index in [0.29, 0.717) is 17.3 Å². The van der Waals surface area contributed by atoms with Gasteiger partial charge in [0.25, 0.3) is 0 Å².